The van der Waals surface area contributed by atoms with Crippen LogP contribution in [0, 0.1) is 6.92 Å². The minimum absolute atomic E-state index is 0.0523. The Labute approximate surface area is 143 Å². The number of thioether (sulfide) groups is 1. The molecule has 23 heavy (non-hydrogen) atoms. The van der Waals surface area contributed by atoms with E-state index in [9.17, 15) is 9.59 Å². The Morgan fingerprint density at radius 2 is 2.00 bits per heavy atom. The molecule has 0 spiro atoms. The second-order valence-electron chi connectivity index (χ2n) is 5.04. The highest BCUT2D eigenvalue weighted by Crippen LogP contribution is 2.24. The molecule has 0 aliphatic heterocycles. The molecule has 0 unspecified atom stereocenters. The van der Waals surface area contributed by atoms with E-state index in [1.807, 2.05) is 19.1 Å². The van der Waals surface area contributed by atoms with Crippen molar-refractivity contribution in [1.82, 2.24) is 9.88 Å². The van der Waals surface area contributed by atoms with Crippen molar-refractivity contribution in [3.05, 3.63) is 45.9 Å². The SMILES string of the molecule is Cc1nc(CSc2ccc(C(=O)N(C)CCC(=O)O)cc2)cs1. The zero-order chi connectivity index (χ0) is 16.8. The Hall–Kier alpha value is -1.86. The van der Waals surface area contributed by atoms with Gasteiger partial charge in [0.25, 0.3) is 5.91 Å². The van der Waals surface area contributed by atoms with Crippen molar-refractivity contribution >= 4 is 35.0 Å². The van der Waals surface area contributed by atoms with E-state index >= 15 is 0 Å². The number of amides is 1. The molecule has 1 amide bonds. The molecule has 0 saturated heterocycles. The van der Waals surface area contributed by atoms with Gasteiger partial charge < -0.3 is 10.0 Å². The smallest absolute Gasteiger partial charge is 0.305 e. The maximum Gasteiger partial charge on any atom is 0.305 e. The number of carboxylic acid groups (broad SMARTS) is 1. The highest BCUT2D eigenvalue weighted by atomic mass is 32.2. The standard InChI is InChI=1S/C16H18N2O3S2/c1-11-17-13(9-22-11)10-23-14-5-3-12(4-6-14)16(21)18(2)8-7-15(19)20/h3-6,9H,7-8,10H2,1-2H3,(H,19,20). The molecule has 1 N–H and O–H groups in total. The van der Waals surface area contributed by atoms with Gasteiger partial charge in [0.15, 0.2) is 0 Å². The number of rotatable bonds is 7. The van der Waals surface area contributed by atoms with Gasteiger partial charge in [0.1, 0.15) is 0 Å². The number of carbonyl (C=O) groups is 2. The molecule has 1 heterocycles. The number of hydrogen-bond acceptors (Lipinski definition) is 5. The maximum absolute atomic E-state index is 12.2. The quantitative estimate of drug-likeness (QED) is 0.776. The molecule has 0 saturated carbocycles. The van der Waals surface area contributed by atoms with Crippen LogP contribution in [0.1, 0.15) is 27.5 Å². The van der Waals surface area contributed by atoms with Crippen LogP contribution < -0.4 is 0 Å². The molecule has 1 aromatic carbocycles. The minimum Gasteiger partial charge on any atom is -0.481 e. The van der Waals surface area contributed by atoms with Crippen LogP contribution in [0.15, 0.2) is 34.5 Å². The number of hydrogen-bond donors (Lipinski definition) is 1. The molecule has 0 bridgehead atoms. The van der Waals surface area contributed by atoms with Gasteiger partial charge in [-0.25, -0.2) is 4.98 Å². The first kappa shape index (κ1) is 17.5. The number of aromatic nitrogens is 1. The lowest BCUT2D eigenvalue weighted by Gasteiger charge is -2.16. The molecular formula is C16H18N2O3S2. The van der Waals surface area contributed by atoms with E-state index in [0.717, 1.165) is 21.3 Å². The number of benzene rings is 1. The van der Waals surface area contributed by atoms with E-state index in [1.54, 1.807) is 42.3 Å². The average Bonchev–Trinajstić information content (AvgIpc) is 2.96. The Kier molecular flexibility index (Phi) is 6.18. The number of nitrogens with zero attached hydrogens (tertiary/aromatic N) is 2. The second-order valence-corrected chi connectivity index (χ2v) is 7.15. The summed E-state index contributed by atoms with van der Waals surface area (Å²) in [6, 6.07) is 7.35. The zero-order valence-electron chi connectivity index (χ0n) is 13.0. The van der Waals surface area contributed by atoms with E-state index in [2.05, 4.69) is 10.4 Å². The van der Waals surface area contributed by atoms with Gasteiger partial charge in [0.2, 0.25) is 0 Å². The van der Waals surface area contributed by atoms with Crippen LogP contribution in [-0.4, -0.2) is 40.5 Å². The maximum atomic E-state index is 12.2. The first-order valence-corrected chi connectivity index (χ1v) is 8.93. The average molecular weight is 350 g/mol. The molecule has 7 heteroatoms. The summed E-state index contributed by atoms with van der Waals surface area (Å²) >= 11 is 3.31. The Morgan fingerprint density at radius 1 is 1.30 bits per heavy atom. The molecule has 122 valence electrons. The molecule has 0 atom stereocenters. The van der Waals surface area contributed by atoms with Crippen LogP contribution in [0.5, 0.6) is 0 Å². The third-order valence-electron chi connectivity index (χ3n) is 3.16. The monoisotopic (exact) mass is 350 g/mol. The van der Waals surface area contributed by atoms with Crippen molar-refractivity contribution in [3.63, 3.8) is 0 Å². The molecule has 5 nitrogen and oxygen atoms in total. The van der Waals surface area contributed by atoms with Crippen LogP contribution in [0.25, 0.3) is 0 Å². The van der Waals surface area contributed by atoms with E-state index in [1.165, 1.54) is 4.90 Å². The van der Waals surface area contributed by atoms with Gasteiger partial charge in [-0.1, -0.05) is 0 Å². The van der Waals surface area contributed by atoms with Crippen LogP contribution in [0.2, 0.25) is 0 Å². The summed E-state index contributed by atoms with van der Waals surface area (Å²) in [6.45, 7) is 2.19. The van der Waals surface area contributed by atoms with Crippen LogP contribution in [0.3, 0.4) is 0 Å². The van der Waals surface area contributed by atoms with Crippen LogP contribution in [0.4, 0.5) is 0 Å². The summed E-state index contributed by atoms with van der Waals surface area (Å²) in [6.07, 6.45) is -0.0523. The number of aliphatic carboxylic acids is 1. The third kappa shape index (κ3) is 5.37. The predicted octanol–water partition coefficient (Wildman–Crippen LogP) is 3.29. The summed E-state index contributed by atoms with van der Waals surface area (Å²) in [5, 5.41) is 11.8. The first-order valence-electron chi connectivity index (χ1n) is 7.07. The van der Waals surface area contributed by atoms with E-state index in [4.69, 9.17) is 5.11 Å². The highest BCUT2D eigenvalue weighted by molar-refractivity contribution is 7.98. The summed E-state index contributed by atoms with van der Waals surface area (Å²) < 4.78 is 0. The lowest BCUT2D eigenvalue weighted by molar-refractivity contribution is -0.137. The lowest BCUT2D eigenvalue weighted by atomic mass is 10.2. The van der Waals surface area contributed by atoms with Gasteiger partial charge in [0, 0.05) is 35.2 Å². The van der Waals surface area contributed by atoms with Crippen LogP contribution in [-0.2, 0) is 10.5 Å². The Balaban J connectivity index is 1.90. The van der Waals surface area contributed by atoms with E-state index in [0.29, 0.717) is 5.56 Å². The number of carbonyl (C=O) groups excluding carboxylic acids is 1. The molecule has 2 aromatic rings. The summed E-state index contributed by atoms with van der Waals surface area (Å²) in [5.74, 6) is -0.275. The fourth-order valence-electron chi connectivity index (χ4n) is 1.91. The minimum atomic E-state index is -0.909. The molecule has 2 rings (SSSR count). The van der Waals surface area contributed by atoms with E-state index < -0.39 is 5.97 Å². The Morgan fingerprint density at radius 3 is 2.57 bits per heavy atom. The highest BCUT2D eigenvalue weighted by Gasteiger charge is 2.12. The van der Waals surface area contributed by atoms with Gasteiger partial charge >= 0.3 is 5.97 Å². The van der Waals surface area contributed by atoms with Crippen LogP contribution >= 0.6 is 23.1 Å². The lowest BCUT2D eigenvalue weighted by Crippen LogP contribution is -2.28. The molecule has 0 aliphatic rings. The molecule has 0 radical (unpaired) electrons. The number of thiazole rings is 1. The van der Waals surface area contributed by atoms with Gasteiger partial charge in [0.05, 0.1) is 17.1 Å². The predicted molar refractivity (Wildman–Crippen MR) is 92.1 cm³/mol. The number of carboxylic acids is 1. The second kappa shape index (κ2) is 8.12. The summed E-state index contributed by atoms with van der Waals surface area (Å²) in [7, 11) is 1.61. The Bertz CT molecular complexity index is 683. The van der Waals surface area contributed by atoms with Crippen molar-refractivity contribution in [3.8, 4) is 0 Å². The molecule has 1 aromatic heterocycles. The van der Waals surface area contributed by atoms with Crippen molar-refractivity contribution in [1.29, 1.82) is 0 Å². The van der Waals surface area contributed by atoms with Gasteiger partial charge in [-0.2, -0.15) is 0 Å². The fourth-order valence-corrected chi connectivity index (χ4v) is 3.42. The number of aryl methyl sites for hydroxylation is 1. The van der Waals surface area contributed by atoms with Crippen molar-refractivity contribution in [2.24, 2.45) is 0 Å². The van der Waals surface area contributed by atoms with Gasteiger partial charge in [-0.15, -0.1) is 23.1 Å². The molecular weight excluding hydrogens is 332 g/mol. The van der Waals surface area contributed by atoms with Gasteiger partial charge in [-0.05, 0) is 31.2 Å². The summed E-state index contributed by atoms with van der Waals surface area (Å²) in [5.41, 5.74) is 1.62. The van der Waals surface area contributed by atoms with Crippen molar-refractivity contribution < 1.29 is 14.7 Å². The van der Waals surface area contributed by atoms with Gasteiger partial charge in [-0.3, -0.25) is 9.59 Å². The normalized spacial score (nSPS) is 10.5. The van der Waals surface area contributed by atoms with Crippen molar-refractivity contribution in [2.45, 2.75) is 24.0 Å². The molecule has 0 aliphatic carbocycles. The van der Waals surface area contributed by atoms with E-state index in [-0.39, 0.29) is 18.9 Å². The summed E-state index contributed by atoms with van der Waals surface area (Å²) in [4.78, 5) is 29.6. The topological polar surface area (TPSA) is 70.5 Å². The first-order chi connectivity index (χ1) is 11.0. The molecule has 0 fully saturated rings. The zero-order valence-corrected chi connectivity index (χ0v) is 14.6. The largest absolute Gasteiger partial charge is 0.481 e. The fraction of sp³-hybridized carbons (Fsp3) is 0.312. The van der Waals surface area contributed by atoms with Crippen molar-refractivity contribution in [2.75, 3.05) is 13.6 Å². The third-order valence-corrected chi connectivity index (χ3v) is 5.03.